The van der Waals surface area contributed by atoms with Crippen molar-refractivity contribution in [2.24, 2.45) is 0 Å². The Kier molecular flexibility index (Phi) is 5.45. The van der Waals surface area contributed by atoms with Crippen LogP contribution < -0.4 is 5.32 Å². The van der Waals surface area contributed by atoms with E-state index in [4.69, 9.17) is 0 Å². The van der Waals surface area contributed by atoms with E-state index in [9.17, 15) is 14.9 Å². The summed E-state index contributed by atoms with van der Waals surface area (Å²) < 4.78 is 0. The summed E-state index contributed by atoms with van der Waals surface area (Å²) in [5, 5.41) is 17.5. The summed E-state index contributed by atoms with van der Waals surface area (Å²) >= 11 is 2.59. The number of rotatable bonds is 6. The number of carbonyl (C=O) groups excluding carboxylic acids is 1. The Balaban J connectivity index is 1.42. The van der Waals surface area contributed by atoms with Crippen LogP contribution in [-0.4, -0.2) is 31.5 Å². The molecular formula is C19H13N5O3S2. The molecule has 144 valence electrons. The Morgan fingerprint density at radius 1 is 1.17 bits per heavy atom. The quantitative estimate of drug-likeness (QED) is 0.212. The Hall–Kier alpha value is -3.37. The molecule has 0 unspecified atom stereocenters. The summed E-state index contributed by atoms with van der Waals surface area (Å²) in [7, 11) is 0. The molecule has 8 nitrogen and oxygen atoms in total. The third kappa shape index (κ3) is 4.39. The highest BCUT2D eigenvalue weighted by molar-refractivity contribution is 8.00. The number of nitrogens with zero attached hydrogens (tertiary/aromatic N) is 4. The fourth-order valence-corrected chi connectivity index (χ4v) is 4.15. The van der Waals surface area contributed by atoms with Crippen LogP contribution in [0.4, 0.5) is 10.8 Å². The van der Waals surface area contributed by atoms with Gasteiger partial charge < -0.3 is 5.32 Å². The van der Waals surface area contributed by atoms with Gasteiger partial charge in [0.05, 0.1) is 21.9 Å². The van der Waals surface area contributed by atoms with Gasteiger partial charge in [0, 0.05) is 28.5 Å². The number of hydrogen-bond acceptors (Lipinski definition) is 8. The zero-order chi connectivity index (χ0) is 20.2. The van der Waals surface area contributed by atoms with Crippen LogP contribution in [-0.2, 0) is 4.79 Å². The maximum atomic E-state index is 12.3. The molecule has 0 atom stereocenters. The summed E-state index contributed by atoms with van der Waals surface area (Å²) in [5.41, 5.74) is 2.02. The number of amides is 1. The van der Waals surface area contributed by atoms with Gasteiger partial charge >= 0.3 is 0 Å². The van der Waals surface area contributed by atoms with E-state index in [0.29, 0.717) is 16.4 Å². The second-order valence-electron chi connectivity index (χ2n) is 5.88. The number of carbonyl (C=O) groups is 1. The fraction of sp³-hybridized carbons (Fsp3) is 0.0526. The first kappa shape index (κ1) is 19.0. The molecule has 2 aromatic heterocycles. The molecule has 0 aliphatic rings. The number of fused-ring (bicyclic) bond motifs is 1. The first-order valence-corrected chi connectivity index (χ1v) is 10.3. The van der Waals surface area contributed by atoms with Crippen molar-refractivity contribution in [3.05, 3.63) is 70.4 Å². The number of nitro benzene ring substituents is 1. The minimum Gasteiger partial charge on any atom is -0.301 e. The Morgan fingerprint density at radius 2 is 2.03 bits per heavy atom. The minimum absolute atomic E-state index is 0.00503. The lowest BCUT2D eigenvalue weighted by Gasteiger charge is -2.04. The molecule has 1 amide bonds. The highest BCUT2D eigenvalue weighted by atomic mass is 32.2. The van der Waals surface area contributed by atoms with Crippen LogP contribution in [0.5, 0.6) is 0 Å². The van der Waals surface area contributed by atoms with Gasteiger partial charge in [-0.1, -0.05) is 42.1 Å². The first-order chi connectivity index (χ1) is 14.1. The molecule has 29 heavy (non-hydrogen) atoms. The Bertz CT molecular complexity index is 1210. The van der Waals surface area contributed by atoms with Crippen LogP contribution in [0.1, 0.15) is 0 Å². The van der Waals surface area contributed by atoms with E-state index in [1.165, 1.54) is 41.6 Å². The molecule has 1 N–H and O–H groups in total. The van der Waals surface area contributed by atoms with Crippen molar-refractivity contribution in [1.29, 1.82) is 0 Å². The van der Waals surface area contributed by atoms with Crippen molar-refractivity contribution in [2.75, 3.05) is 11.1 Å². The number of benzene rings is 2. The van der Waals surface area contributed by atoms with E-state index in [0.717, 1.165) is 15.9 Å². The van der Waals surface area contributed by atoms with Gasteiger partial charge in [-0.05, 0) is 6.07 Å². The lowest BCUT2D eigenvalue weighted by atomic mass is 10.1. The lowest BCUT2D eigenvalue weighted by Crippen LogP contribution is -2.14. The van der Waals surface area contributed by atoms with Gasteiger partial charge in [-0.2, -0.15) is 0 Å². The van der Waals surface area contributed by atoms with Gasteiger partial charge in [0.1, 0.15) is 11.4 Å². The molecule has 4 aromatic rings. The SMILES string of the molecule is O=C(CSc1ncnc2ccccc12)Nc1nc(-c2cccc([N+](=O)[O-])c2)cs1. The zero-order valence-corrected chi connectivity index (χ0v) is 16.4. The van der Waals surface area contributed by atoms with Gasteiger partial charge in [0.25, 0.3) is 5.69 Å². The average Bonchev–Trinajstić information content (AvgIpc) is 3.20. The standard InChI is InChI=1S/C19H13N5O3S2/c25-17(10-28-18-14-6-1-2-7-15(14)20-11-21-18)23-19-22-16(9-29-19)12-4-3-5-13(8-12)24(26)27/h1-9,11H,10H2,(H,22,23,25). The van der Waals surface area contributed by atoms with Crippen molar-refractivity contribution in [1.82, 2.24) is 15.0 Å². The van der Waals surface area contributed by atoms with Gasteiger partial charge in [0.2, 0.25) is 5.91 Å². The molecule has 0 saturated carbocycles. The number of anilines is 1. The molecule has 0 saturated heterocycles. The number of thioether (sulfide) groups is 1. The molecule has 0 bridgehead atoms. The predicted octanol–water partition coefficient (Wildman–Crippen LogP) is 4.39. The van der Waals surface area contributed by atoms with Crippen molar-refractivity contribution < 1.29 is 9.72 Å². The minimum atomic E-state index is -0.452. The summed E-state index contributed by atoms with van der Waals surface area (Å²) in [6.07, 6.45) is 1.48. The summed E-state index contributed by atoms with van der Waals surface area (Å²) in [5.74, 6) is -0.0372. The molecule has 0 aliphatic heterocycles. The second kappa shape index (κ2) is 8.33. The average molecular weight is 423 g/mol. The summed E-state index contributed by atoms with van der Waals surface area (Å²) in [6.45, 7) is 0. The summed E-state index contributed by atoms with van der Waals surface area (Å²) in [6, 6.07) is 13.8. The van der Waals surface area contributed by atoms with Crippen LogP contribution in [0.3, 0.4) is 0 Å². The van der Waals surface area contributed by atoms with Crippen molar-refractivity contribution in [3.63, 3.8) is 0 Å². The molecule has 2 aromatic carbocycles. The monoisotopic (exact) mass is 423 g/mol. The molecule has 0 spiro atoms. The van der Waals surface area contributed by atoms with Gasteiger partial charge in [-0.25, -0.2) is 15.0 Å². The van der Waals surface area contributed by atoms with Gasteiger partial charge in [0.15, 0.2) is 5.13 Å². The topological polar surface area (TPSA) is 111 Å². The summed E-state index contributed by atoms with van der Waals surface area (Å²) in [4.78, 5) is 35.6. The number of nitro groups is 1. The van der Waals surface area contributed by atoms with Crippen molar-refractivity contribution in [3.8, 4) is 11.3 Å². The van der Waals surface area contributed by atoms with Gasteiger partial charge in [-0.15, -0.1) is 11.3 Å². The van der Waals surface area contributed by atoms with E-state index in [1.54, 1.807) is 17.5 Å². The van der Waals surface area contributed by atoms with Crippen LogP contribution in [0.2, 0.25) is 0 Å². The van der Waals surface area contributed by atoms with Crippen LogP contribution >= 0.6 is 23.1 Å². The highest BCUT2D eigenvalue weighted by Crippen LogP contribution is 2.28. The molecule has 0 fully saturated rings. The van der Waals surface area contributed by atoms with Crippen LogP contribution in [0, 0.1) is 10.1 Å². The number of thiazole rings is 1. The number of aromatic nitrogens is 3. The molecule has 10 heteroatoms. The third-order valence-corrected chi connectivity index (χ3v) is 5.71. The molecule has 0 radical (unpaired) electrons. The van der Waals surface area contributed by atoms with Crippen molar-refractivity contribution >= 4 is 50.7 Å². The molecule has 0 aliphatic carbocycles. The number of para-hydroxylation sites is 1. The van der Waals surface area contributed by atoms with E-state index in [-0.39, 0.29) is 17.3 Å². The Labute approximate surface area is 173 Å². The number of hydrogen-bond donors (Lipinski definition) is 1. The number of non-ortho nitro benzene ring substituents is 1. The third-order valence-electron chi connectivity index (χ3n) is 3.95. The first-order valence-electron chi connectivity index (χ1n) is 8.43. The van der Waals surface area contributed by atoms with E-state index in [1.807, 2.05) is 24.3 Å². The van der Waals surface area contributed by atoms with Crippen LogP contribution in [0.15, 0.2) is 65.3 Å². The van der Waals surface area contributed by atoms with Crippen molar-refractivity contribution in [2.45, 2.75) is 5.03 Å². The maximum Gasteiger partial charge on any atom is 0.270 e. The van der Waals surface area contributed by atoms with E-state index in [2.05, 4.69) is 20.3 Å². The number of nitrogens with one attached hydrogen (secondary N) is 1. The maximum absolute atomic E-state index is 12.3. The van der Waals surface area contributed by atoms with Gasteiger partial charge in [-0.3, -0.25) is 14.9 Å². The zero-order valence-electron chi connectivity index (χ0n) is 14.8. The van der Waals surface area contributed by atoms with Crippen LogP contribution in [0.25, 0.3) is 22.2 Å². The fourth-order valence-electron chi connectivity index (χ4n) is 2.63. The van der Waals surface area contributed by atoms with E-state index < -0.39 is 4.92 Å². The normalized spacial score (nSPS) is 10.8. The largest absolute Gasteiger partial charge is 0.301 e. The highest BCUT2D eigenvalue weighted by Gasteiger charge is 2.12. The molecule has 2 heterocycles. The molecule has 4 rings (SSSR count). The lowest BCUT2D eigenvalue weighted by molar-refractivity contribution is -0.384. The predicted molar refractivity (Wildman–Crippen MR) is 113 cm³/mol. The smallest absolute Gasteiger partial charge is 0.270 e. The Morgan fingerprint density at radius 3 is 2.90 bits per heavy atom. The van der Waals surface area contributed by atoms with E-state index >= 15 is 0 Å². The second-order valence-corrected chi connectivity index (χ2v) is 7.70. The molecular weight excluding hydrogens is 410 g/mol.